The largest absolute Gasteiger partial charge is 0.493 e. The van der Waals surface area contributed by atoms with Gasteiger partial charge in [-0.1, -0.05) is 12.1 Å². The molecule has 0 saturated carbocycles. The maximum atomic E-state index is 12.2. The molecule has 2 aliphatic heterocycles. The lowest BCUT2D eigenvalue weighted by molar-refractivity contribution is 0.174. The Morgan fingerprint density at radius 3 is 2.84 bits per heavy atom. The molecule has 0 bridgehead atoms. The van der Waals surface area contributed by atoms with Crippen LogP contribution in [0.5, 0.6) is 17.2 Å². The Bertz CT molecular complexity index is 806. The third kappa shape index (κ3) is 3.47. The summed E-state index contributed by atoms with van der Waals surface area (Å²) in [6.45, 7) is 2.96. The molecule has 0 fully saturated rings. The van der Waals surface area contributed by atoms with Crippen LogP contribution in [0.4, 0.5) is 10.5 Å². The van der Waals surface area contributed by atoms with Gasteiger partial charge in [-0.15, -0.1) is 0 Å². The first-order valence-corrected chi connectivity index (χ1v) is 8.39. The van der Waals surface area contributed by atoms with Gasteiger partial charge in [0.25, 0.3) is 0 Å². The fourth-order valence-electron chi connectivity index (χ4n) is 3.14. The van der Waals surface area contributed by atoms with Crippen LogP contribution in [0.25, 0.3) is 0 Å². The molecule has 0 unspecified atom stereocenters. The van der Waals surface area contributed by atoms with Crippen molar-refractivity contribution in [1.29, 1.82) is 0 Å². The van der Waals surface area contributed by atoms with E-state index >= 15 is 0 Å². The van der Waals surface area contributed by atoms with Crippen molar-refractivity contribution in [2.24, 2.45) is 0 Å². The number of carbonyl (C=O) groups excluding carboxylic acids is 1. The number of nitrogens with one attached hydrogen (secondary N) is 2. The van der Waals surface area contributed by atoms with Gasteiger partial charge in [-0.25, -0.2) is 4.79 Å². The fourth-order valence-corrected chi connectivity index (χ4v) is 3.14. The molecule has 2 aliphatic rings. The Morgan fingerprint density at radius 2 is 1.92 bits per heavy atom. The average molecular weight is 340 g/mol. The molecule has 25 heavy (non-hydrogen) atoms. The highest BCUT2D eigenvalue weighted by Crippen LogP contribution is 2.34. The number of hydrogen-bond acceptors (Lipinski definition) is 4. The second-order valence-electron chi connectivity index (χ2n) is 6.31. The zero-order valence-electron chi connectivity index (χ0n) is 14.0. The molecule has 0 aliphatic carbocycles. The van der Waals surface area contributed by atoms with E-state index in [-0.39, 0.29) is 18.9 Å². The van der Waals surface area contributed by atoms with Crippen LogP contribution >= 0.6 is 0 Å². The lowest BCUT2D eigenvalue weighted by Crippen LogP contribution is -2.37. The van der Waals surface area contributed by atoms with E-state index in [0.717, 1.165) is 25.2 Å². The third-order valence-corrected chi connectivity index (χ3v) is 4.30. The van der Waals surface area contributed by atoms with Gasteiger partial charge in [0.2, 0.25) is 6.79 Å². The van der Waals surface area contributed by atoms with E-state index in [2.05, 4.69) is 22.8 Å². The summed E-state index contributed by atoms with van der Waals surface area (Å²) in [7, 11) is 0. The normalized spacial score (nSPS) is 15.2. The first-order valence-electron chi connectivity index (χ1n) is 8.39. The van der Waals surface area contributed by atoms with Gasteiger partial charge in [0.05, 0.1) is 6.61 Å². The Kier molecular flexibility index (Phi) is 4.09. The van der Waals surface area contributed by atoms with Crippen molar-refractivity contribution < 1.29 is 19.0 Å². The summed E-state index contributed by atoms with van der Waals surface area (Å²) in [5.74, 6) is 2.32. The maximum Gasteiger partial charge on any atom is 0.319 e. The van der Waals surface area contributed by atoms with E-state index in [1.165, 1.54) is 11.1 Å². The number of urea groups is 1. The summed E-state index contributed by atoms with van der Waals surface area (Å²) in [5, 5.41) is 5.78. The molecule has 2 N–H and O–H groups in total. The summed E-state index contributed by atoms with van der Waals surface area (Å²) in [6, 6.07) is 11.3. The number of anilines is 1. The SMILES string of the molecule is C[C@H](Cc1ccc2c(c1)CCO2)NC(=O)Nc1ccc2c(c1)OCO2. The van der Waals surface area contributed by atoms with Gasteiger partial charge in [-0.05, 0) is 42.7 Å². The summed E-state index contributed by atoms with van der Waals surface area (Å²) in [5.41, 5.74) is 3.11. The topological polar surface area (TPSA) is 68.8 Å². The molecule has 0 saturated heterocycles. The number of fused-ring (bicyclic) bond motifs is 2. The first-order chi connectivity index (χ1) is 12.2. The second kappa shape index (κ2) is 6.55. The highest BCUT2D eigenvalue weighted by Gasteiger charge is 2.16. The standard InChI is InChI=1S/C19H20N2O4/c1-12(8-13-2-4-16-14(9-13)6-7-23-16)20-19(22)21-15-3-5-17-18(10-15)25-11-24-17/h2-5,9-10,12H,6-8,11H2,1H3,(H2,20,21,22)/t12-/m1/s1. The Balaban J connectivity index is 1.33. The highest BCUT2D eigenvalue weighted by atomic mass is 16.7. The van der Waals surface area contributed by atoms with Crippen molar-refractivity contribution in [2.45, 2.75) is 25.8 Å². The van der Waals surface area contributed by atoms with E-state index in [4.69, 9.17) is 14.2 Å². The first kappa shape index (κ1) is 15.6. The van der Waals surface area contributed by atoms with E-state index in [1.807, 2.05) is 13.0 Å². The molecular weight excluding hydrogens is 320 g/mol. The van der Waals surface area contributed by atoms with Crippen molar-refractivity contribution in [3.8, 4) is 17.2 Å². The predicted octanol–water partition coefficient (Wildman–Crippen LogP) is 3.10. The summed E-state index contributed by atoms with van der Waals surface area (Å²) >= 11 is 0. The van der Waals surface area contributed by atoms with Crippen LogP contribution in [-0.4, -0.2) is 25.5 Å². The molecule has 2 aromatic rings. The van der Waals surface area contributed by atoms with Crippen molar-refractivity contribution in [1.82, 2.24) is 5.32 Å². The van der Waals surface area contributed by atoms with E-state index in [1.54, 1.807) is 18.2 Å². The molecule has 6 heteroatoms. The monoisotopic (exact) mass is 340 g/mol. The maximum absolute atomic E-state index is 12.2. The lowest BCUT2D eigenvalue weighted by Gasteiger charge is -2.15. The Morgan fingerprint density at radius 1 is 1.08 bits per heavy atom. The predicted molar refractivity (Wildman–Crippen MR) is 93.5 cm³/mol. The summed E-state index contributed by atoms with van der Waals surface area (Å²) < 4.78 is 16.1. The van der Waals surface area contributed by atoms with Gasteiger partial charge >= 0.3 is 6.03 Å². The van der Waals surface area contributed by atoms with Crippen LogP contribution in [0, 0.1) is 0 Å². The molecule has 4 rings (SSSR count). The minimum absolute atomic E-state index is 0.00869. The lowest BCUT2D eigenvalue weighted by atomic mass is 10.0. The van der Waals surface area contributed by atoms with Crippen LogP contribution in [0.3, 0.4) is 0 Å². The van der Waals surface area contributed by atoms with E-state index < -0.39 is 0 Å². The third-order valence-electron chi connectivity index (χ3n) is 4.30. The molecule has 0 radical (unpaired) electrons. The second-order valence-corrected chi connectivity index (χ2v) is 6.31. The molecule has 130 valence electrons. The van der Waals surface area contributed by atoms with Gasteiger partial charge in [-0.3, -0.25) is 0 Å². The Labute approximate surface area is 146 Å². The smallest absolute Gasteiger partial charge is 0.319 e. The summed E-state index contributed by atoms with van der Waals surface area (Å²) in [4.78, 5) is 12.2. The number of carbonyl (C=O) groups is 1. The van der Waals surface area contributed by atoms with Gasteiger partial charge < -0.3 is 24.8 Å². The molecule has 2 aromatic carbocycles. The summed E-state index contributed by atoms with van der Waals surface area (Å²) in [6.07, 6.45) is 1.72. The minimum Gasteiger partial charge on any atom is -0.493 e. The quantitative estimate of drug-likeness (QED) is 0.897. The van der Waals surface area contributed by atoms with Crippen LogP contribution in [-0.2, 0) is 12.8 Å². The van der Waals surface area contributed by atoms with E-state index in [0.29, 0.717) is 17.2 Å². The van der Waals surface area contributed by atoms with Crippen molar-refractivity contribution in [3.63, 3.8) is 0 Å². The molecule has 0 spiro atoms. The molecule has 2 amide bonds. The highest BCUT2D eigenvalue weighted by molar-refractivity contribution is 5.89. The van der Waals surface area contributed by atoms with Crippen LogP contribution < -0.4 is 24.8 Å². The number of rotatable bonds is 4. The van der Waals surface area contributed by atoms with Gasteiger partial charge in [-0.2, -0.15) is 0 Å². The van der Waals surface area contributed by atoms with Crippen LogP contribution in [0.2, 0.25) is 0 Å². The molecule has 1 atom stereocenters. The number of hydrogen-bond donors (Lipinski definition) is 2. The van der Waals surface area contributed by atoms with E-state index in [9.17, 15) is 4.79 Å². The number of benzene rings is 2. The van der Waals surface area contributed by atoms with Crippen molar-refractivity contribution in [2.75, 3.05) is 18.7 Å². The zero-order chi connectivity index (χ0) is 17.2. The molecular formula is C19H20N2O4. The molecule has 0 aromatic heterocycles. The van der Waals surface area contributed by atoms with Gasteiger partial charge in [0.1, 0.15) is 5.75 Å². The average Bonchev–Trinajstić information content (AvgIpc) is 3.22. The zero-order valence-corrected chi connectivity index (χ0v) is 14.0. The minimum atomic E-state index is -0.240. The number of amides is 2. The van der Waals surface area contributed by atoms with Gasteiger partial charge in [0, 0.05) is 24.2 Å². The van der Waals surface area contributed by atoms with Crippen LogP contribution in [0.1, 0.15) is 18.1 Å². The Hall–Kier alpha value is -2.89. The molecule has 6 nitrogen and oxygen atoms in total. The number of ether oxygens (including phenoxy) is 3. The van der Waals surface area contributed by atoms with Crippen molar-refractivity contribution >= 4 is 11.7 Å². The van der Waals surface area contributed by atoms with Gasteiger partial charge in [0.15, 0.2) is 11.5 Å². The molecule has 2 heterocycles. The fraction of sp³-hybridized carbons (Fsp3) is 0.316. The van der Waals surface area contributed by atoms with Crippen LogP contribution in [0.15, 0.2) is 36.4 Å². The van der Waals surface area contributed by atoms with Crippen molar-refractivity contribution in [3.05, 3.63) is 47.5 Å².